The van der Waals surface area contributed by atoms with Gasteiger partial charge in [-0.2, -0.15) is 5.10 Å². The van der Waals surface area contributed by atoms with Crippen molar-refractivity contribution >= 4 is 23.2 Å². The lowest BCUT2D eigenvalue weighted by molar-refractivity contribution is 0.876. The molecule has 7 heteroatoms. The highest BCUT2D eigenvalue weighted by Gasteiger charge is 2.07. The van der Waals surface area contributed by atoms with Crippen molar-refractivity contribution in [3.63, 3.8) is 0 Å². The number of aromatic nitrogens is 4. The molecule has 0 saturated heterocycles. The molecule has 1 aromatic carbocycles. The van der Waals surface area contributed by atoms with Gasteiger partial charge in [0, 0.05) is 25.4 Å². The standard InChI is InChI=1S/C18H21ClN6/c1-3-15-17(19)18(23-12-22-15)21-10-9-20-16-8-11-25(24-16)14-6-4-13(2)5-7-14/h4-8,11-12H,3,9-10H2,1-2H3,(H,20,24)(H,21,22,23). The molecule has 0 aliphatic heterocycles. The van der Waals surface area contributed by atoms with Crippen molar-refractivity contribution in [3.05, 3.63) is 59.1 Å². The number of hydrogen-bond acceptors (Lipinski definition) is 5. The first-order chi connectivity index (χ1) is 12.2. The molecule has 25 heavy (non-hydrogen) atoms. The molecule has 2 N–H and O–H groups in total. The summed E-state index contributed by atoms with van der Waals surface area (Å²) >= 11 is 6.26. The van der Waals surface area contributed by atoms with E-state index in [2.05, 4.69) is 56.9 Å². The lowest BCUT2D eigenvalue weighted by atomic mass is 10.2. The molecule has 2 aromatic heterocycles. The van der Waals surface area contributed by atoms with Crippen LogP contribution >= 0.6 is 11.6 Å². The zero-order valence-corrected chi connectivity index (χ0v) is 15.1. The molecule has 0 atom stereocenters. The monoisotopic (exact) mass is 356 g/mol. The van der Waals surface area contributed by atoms with E-state index in [4.69, 9.17) is 11.6 Å². The average Bonchev–Trinajstić information content (AvgIpc) is 3.09. The first-order valence-corrected chi connectivity index (χ1v) is 8.65. The van der Waals surface area contributed by atoms with Crippen LogP contribution in [0.15, 0.2) is 42.9 Å². The Bertz CT molecular complexity index is 828. The summed E-state index contributed by atoms with van der Waals surface area (Å²) in [6, 6.07) is 10.2. The van der Waals surface area contributed by atoms with Gasteiger partial charge in [0.05, 0.1) is 11.4 Å². The fraction of sp³-hybridized carbons (Fsp3) is 0.278. The molecular weight excluding hydrogens is 336 g/mol. The molecule has 130 valence electrons. The van der Waals surface area contributed by atoms with E-state index in [-0.39, 0.29) is 0 Å². The van der Waals surface area contributed by atoms with Crippen LogP contribution in [0.3, 0.4) is 0 Å². The van der Waals surface area contributed by atoms with Gasteiger partial charge in [-0.05, 0) is 25.5 Å². The van der Waals surface area contributed by atoms with E-state index < -0.39 is 0 Å². The molecule has 0 amide bonds. The molecular formula is C18H21ClN6. The Hall–Kier alpha value is -2.60. The fourth-order valence-electron chi connectivity index (χ4n) is 2.41. The van der Waals surface area contributed by atoms with Gasteiger partial charge in [0.25, 0.3) is 0 Å². The van der Waals surface area contributed by atoms with Crippen LogP contribution in [0.25, 0.3) is 5.69 Å². The van der Waals surface area contributed by atoms with Gasteiger partial charge in [0.1, 0.15) is 23.0 Å². The van der Waals surface area contributed by atoms with E-state index in [0.29, 0.717) is 23.9 Å². The van der Waals surface area contributed by atoms with Crippen LogP contribution in [0.2, 0.25) is 5.02 Å². The van der Waals surface area contributed by atoms with Crippen molar-refractivity contribution in [1.29, 1.82) is 0 Å². The second kappa shape index (κ2) is 7.98. The predicted molar refractivity (Wildman–Crippen MR) is 102 cm³/mol. The fourth-order valence-corrected chi connectivity index (χ4v) is 2.71. The van der Waals surface area contributed by atoms with Crippen molar-refractivity contribution in [2.75, 3.05) is 23.7 Å². The van der Waals surface area contributed by atoms with Crippen LogP contribution < -0.4 is 10.6 Å². The summed E-state index contributed by atoms with van der Waals surface area (Å²) in [4.78, 5) is 8.34. The Morgan fingerprint density at radius 1 is 1.04 bits per heavy atom. The number of aryl methyl sites for hydroxylation is 2. The van der Waals surface area contributed by atoms with E-state index in [1.807, 2.05) is 23.9 Å². The number of rotatable bonds is 7. The molecule has 0 bridgehead atoms. The molecule has 0 aliphatic carbocycles. The topological polar surface area (TPSA) is 67.7 Å². The van der Waals surface area contributed by atoms with E-state index in [1.165, 1.54) is 11.9 Å². The summed E-state index contributed by atoms with van der Waals surface area (Å²) in [6.07, 6.45) is 4.25. The van der Waals surface area contributed by atoms with Gasteiger partial charge in [-0.1, -0.05) is 36.2 Å². The van der Waals surface area contributed by atoms with Gasteiger partial charge in [-0.15, -0.1) is 0 Å². The smallest absolute Gasteiger partial charge is 0.148 e. The number of halogens is 1. The minimum Gasteiger partial charge on any atom is -0.367 e. The maximum absolute atomic E-state index is 6.26. The van der Waals surface area contributed by atoms with Gasteiger partial charge in [-0.3, -0.25) is 0 Å². The Labute approximate surface area is 152 Å². The van der Waals surface area contributed by atoms with Gasteiger partial charge < -0.3 is 10.6 Å². The van der Waals surface area contributed by atoms with Crippen molar-refractivity contribution in [1.82, 2.24) is 19.7 Å². The van der Waals surface area contributed by atoms with Crippen molar-refractivity contribution in [2.24, 2.45) is 0 Å². The van der Waals surface area contributed by atoms with Crippen molar-refractivity contribution < 1.29 is 0 Å². The predicted octanol–water partition coefficient (Wildman–Crippen LogP) is 3.71. The summed E-state index contributed by atoms with van der Waals surface area (Å²) in [5.41, 5.74) is 3.12. The molecule has 3 rings (SSSR count). The molecule has 0 radical (unpaired) electrons. The number of nitrogens with zero attached hydrogens (tertiary/aromatic N) is 4. The van der Waals surface area contributed by atoms with Crippen LogP contribution in [0.1, 0.15) is 18.2 Å². The highest BCUT2D eigenvalue weighted by molar-refractivity contribution is 6.33. The Kier molecular flexibility index (Phi) is 5.50. The van der Waals surface area contributed by atoms with Crippen LogP contribution in [0, 0.1) is 6.92 Å². The molecule has 0 fully saturated rings. The van der Waals surface area contributed by atoms with E-state index in [0.717, 1.165) is 23.6 Å². The molecule has 0 unspecified atom stereocenters. The summed E-state index contributed by atoms with van der Waals surface area (Å²) < 4.78 is 1.85. The largest absolute Gasteiger partial charge is 0.367 e. The number of nitrogens with one attached hydrogen (secondary N) is 2. The summed E-state index contributed by atoms with van der Waals surface area (Å²) in [7, 11) is 0. The zero-order valence-electron chi connectivity index (χ0n) is 14.3. The SMILES string of the molecule is CCc1ncnc(NCCNc2ccn(-c3ccc(C)cc3)n2)c1Cl. The van der Waals surface area contributed by atoms with Gasteiger partial charge in [-0.25, -0.2) is 14.6 Å². The Morgan fingerprint density at radius 2 is 1.80 bits per heavy atom. The molecule has 0 aliphatic rings. The third-order valence-electron chi connectivity index (χ3n) is 3.81. The lowest BCUT2D eigenvalue weighted by Crippen LogP contribution is -2.15. The maximum atomic E-state index is 6.26. The minimum absolute atomic E-state index is 0.591. The molecule has 6 nitrogen and oxygen atoms in total. The van der Waals surface area contributed by atoms with E-state index >= 15 is 0 Å². The van der Waals surface area contributed by atoms with Gasteiger partial charge >= 0.3 is 0 Å². The van der Waals surface area contributed by atoms with E-state index in [1.54, 1.807) is 0 Å². The minimum atomic E-state index is 0.591. The van der Waals surface area contributed by atoms with Crippen LogP contribution in [-0.4, -0.2) is 32.8 Å². The maximum Gasteiger partial charge on any atom is 0.148 e. The molecule has 0 saturated carbocycles. The van der Waals surface area contributed by atoms with Crippen LogP contribution in [0.5, 0.6) is 0 Å². The lowest BCUT2D eigenvalue weighted by Gasteiger charge is -2.09. The molecule has 2 heterocycles. The average molecular weight is 357 g/mol. The Morgan fingerprint density at radius 3 is 2.56 bits per heavy atom. The third kappa shape index (κ3) is 4.28. The zero-order chi connectivity index (χ0) is 17.6. The third-order valence-corrected chi connectivity index (χ3v) is 4.20. The highest BCUT2D eigenvalue weighted by atomic mass is 35.5. The second-order valence-corrected chi connectivity index (χ2v) is 6.05. The summed E-state index contributed by atoms with van der Waals surface area (Å²) in [5, 5.41) is 11.6. The normalized spacial score (nSPS) is 10.7. The quantitative estimate of drug-likeness (QED) is 0.632. The second-order valence-electron chi connectivity index (χ2n) is 5.67. The summed E-state index contributed by atoms with van der Waals surface area (Å²) in [6.45, 7) is 5.47. The van der Waals surface area contributed by atoms with Crippen LogP contribution in [-0.2, 0) is 6.42 Å². The molecule has 3 aromatic rings. The summed E-state index contributed by atoms with van der Waals surface area (Å²) in [5.74, 6) is 1.49. The van der Waals surface area contributed by atoms with Gasteiger partial charge in [0.2, 0.25) is 0 Å². The van der Waals surface area contributed by atoms with Crippen molar-refractivity contribution in [3.8, 4) is 5.69 Å². The first-order valence-electron chi connectivity index (χ1n) is 8.27. The van der Waals surface area contributed by atoms with Crippen molar-refractivity contribution in [2.45, 2.75) is 20.3 Å². The number of benzene rings is 1. The van der Waals surface area contributed by atoms with Crippen LogP contribution in [0.4, 0.5) is 11.6 Å². The van der Waals surface area contributed by atoms with E-state index in [9.17, 15) is 0 Å². The Balaban J connectivity index is 1.52. The number of anilines is 2. The highest BCUT2D eigenvalue weighted by Crippen LogP contribution is 2.21. The first kappa shape index (κ1) is 17.2. The van der Waals surface area contributed by atoms with Gasteiger partial charge in [0.15, 0.2) is 0 Å². The number of hydrogen-bond donors (Lipinski definition) is 2. The molecule has 0 spiro atoms.